The van der Waals surface area contributed by atoms with Crippen LogP contribution in [0.15, 0.2) is 18.2 Å². The van der Waals surface area contributed by atoms with Crippen molar-refractivity contribution in [3.05, 3.63) is 35.1 Å². The Balaban J connectivity index is 3.00. The van der Waals surface area contributed by atoms with Gasteiger partial charge in [0.15, 0.2) is 0 Å². The van der Waals surface area contributed by atoms with Crippen molar-refractivity contribution in [2.24, 2.45) is 5.92 Å². The number of hydrogen-bond donors (Lipinski definition) is 1. The molecule has 1 aromatic carbocycles. The van der Waals surface area contributed by atoms with Crippen LogP contribution in [0.4, 0.5) is 4.39 Å². The molecule has 1 nitrogen and oxygen atoms in total. The first kappa shape index (κ1) is 15.2. The quantitative estimate of drug-likeness (QED) is 0.746. The molecule has 0 amide bonds. The number of aryl methyl sites for hydroxylation is 1. The smallest absolute Gasteiger partial charge is 0.128 e. The summed E-state index contributed by atoms with van der Waals surface area (Å²) in [4.78, 5) is 0. The van der Waals surface area contributed by atoms with Gasteiger partial charge in [-0.3, -0.25) is 0 Å². The van der Waals surface area contributed by atoms with Crippen LogP contribution in [0.3, 0.4) is 0 Å². The summed E-state index contributed by atoms with van der Waals surface area (Å²) in [6.07, 6.45) is 3.22. The molecule has 0 fully saturated rings. The van der Waals surface area contributed by atoms with Gasteiger partial charge in [0.05, 0.1) is 0 Å². The van der Waals surface area contributed by atoms with Crippen LogP contribution in [0.25, 0.3) is 0 Å². The van der Waals surface area contributed by atoms with E-state index in [1.165, 1.54) is 0 Å². The van der Waals surface area contributed by atoms with E-state index in [0.717, 1.165) is 36.9 Å². The van der Waals surface area contributed by atoms with Crippen molar-refractivity contribution in [3.63, 3.8) is 0 Å². The zero-order chi connectivity index (χ0) is 13.5. The molecule has 1 aromatic rings. The zero-order valence-electron chi connectivity index (χ0n) is 12.1. The standard InChI is InChI=1S/C16H26FN/c1-5-10-18-16(13(6-2)7-3)14-9-8-12(4)11-15(14)17/h8-9,11,13,16,18H,5-7,10H2,1-4H3. The first-order valence-electron chi connectivity index (χ1n) is 7.13. The van der Waals surface area contributed by atoms with Crippen LogP contribution in [0.5, 0.6) is 0 Å². The highest BCUT2D eigenvalue weighted by Gasteiger charge is 2.22. The number of hydrogen-bond acceptors (Lipinski definition) is 1. The van der Waals surface area contributed by atoms with Crippen molar-refractivity contribution in [1.29, 1.82) is 0 Å². The molecule has 2 heteroatoms. The van der Waals surface area contributed by atoms with Crippen molar-refractivity contribution in [1.82, 2.24) is 5.32 Å². The van der Waals surface area contributed by atoms with Crippen molar-refractivity contribution in [3.8, 4) is 0 Å². The molecule has 0 saturated heterocycles. The molecule has 18 heavy (non-hydrogen) atoms. The van der Waals surface area contributed by atoms with E-state index in [9.17, 15) is 4.39 Å². The van der Waals surface area contributed by atoms with E-state index in [1.54, 1.807) is 6.07 Å². The van der Waals surface area contributed by atoms with E-state index in [4.69, 9.17) is 0 Å². The van der Waals surface area contributed by atoms with Crippen LogP contribution in [0.1, 0.15) is 57.2 Å². The maximum absolute atomic E-state index is 14.1. The first-order chi connectivity index (χ1) is 8.63. The van der Waals surface area contributed by atoms with Gasteiger partial charge in [-0.15, -0.1) is 0 Å². The average molecular weight is 251 g/mol. The van der Waals surface area contributed by atoms with Gasteiger partial charge < -0.3 is 5.32 Å². The SMILES string of the molecule is CCCNC(c1ccc(C)cc1F)C(CC)CC. The Morgan fingerprint density at radius 3 is 2.33 bits per heavy atom. The minimum absolute atomic E-state index is 0.0736. The summed E-state index contributed by atoms with van der Waals surface area (Å²) < 4.78 is 14.1. The van der Waals surface area contributed by atoms with Gasteiger partial charge in [0.1, 0.15) is 5.82 Å². The second-order valence-electron chi connectivity index (χ2n) is 5.03. The molecule has 0 aliphatic rings. The molecule has 1 unspecified atom stereocenters. The zero-order valence-corrected chi connectivity index (χ0v) is 12.1. The maximum atomic E-state index is 14.1. The van der Waals surface area contributed by atoms with Crippen LogP contribution in [-0.4, -0.2) is 6.54 Å². The predicted octanol–water partition coefficient (Wildman–Crippen LogP) is 4.61. The summed E-state index contributed by atoms with van der Waals surface area (Å²) in [6, 6.07) is 5.72. The average Bonchev–Trinajstić information content (AvgIpc) is 2.35. The molecule has 0 saturated carbocycles. The lowest BCUT2D eigenvalue weighted by Crippen LogP contribution is -2.29. The Morgan fingerprint density at radius 2 is 1.83 bits per heavy atom. The molecule has 0 heterocycles. The molecule has 1 rings (SSSR count). The van der Waals surface area contributed by atoms with E-state index >= 15 is 0 Å². The number of nitrogens with one attached hydrogen (secondary N) is 1. The number of halogens is 1. The Bertz CT molecular complexity index is 358. The Hall–Kier alpha value is -0.890. The normalized spacial score (nSPS) is 13.0. The van der Waals surface area contributed by atoms with Gasteiger partial charge in [-0.2, -0.15) is 0 Å². The fraction of sp³-hybridized carbons (Fsp3) is 0.625. The van der Waals surface area contributed by atoms with Crippen LogP contribution < -0.4 is 5.32 Å². The van der Waals surface area contributed by atoms with Crippen molar-refractivity contribution >= 4 is 0 Å². The summed E-state index contributed by atoms with van der Waals surface area (Å²) in [6.45, 7) is 9.37. The van der Waals surface area contributed by atoms with E-state index in [2.05, 4.69) is 26.1 Å². The van der Waals surface area contributed by atoms with Crippen LogP contribution >= 0.6 is 0 Å². The highest BCUT2D eigenvalue weighted by Crippen LogP contribution is 2.29. The van der Waals surface area contributed by atoms with Crippen molar-refractivity contribution in [2.75, 3.05) is 6.54 Å². The van der Waals surface area contributed by atoms with Gasteiger partial charge in [-0.25, -0.2) is 4.39 Å². The summed E-state index contributed by atoms with van der Waals surface area (Å²) in [7, 11) is 0. The van der Waals surface area contributed by atoms with Gasteiger partial charge in [0.2, 0.25) is 0 Å². The van der Waals surface area contributed by atoms with Gasteiger partial charge in [-0.05, 0) is 37.4 Å². The number of rotatable bonds is 7. The van der Waals surface area contributed by atoms with Crippen LogP contribution in [0, 0.1) is 18.7 Å². The van der Waals surface area contributed by atoms with Gasteiger partial charge in [-0.1, -0.05) is 45.7 Å². The highest BCUT2D eigenvalue weighted by atomic mass is 19.1. The molecule has 1 N–H and O–H groups in total. The molecule has 102 valence electrons. The first-order valence-corrected chi connectivity index (χ1v) is 7.13. The predicted molar refractivity (Wildman–Crippen MR) is 76.2 cm³/mol. The maximum Gasteiger partial charge on any atom is 0.128 e. The van der Waals surface area contributed by atoms with Crippen LogP contribution in [0.2, 0.25) is 0 Å². The lowest BCUT2D eigenvalue weighted by atomic mass is 9.88. The second-order valence-corrected chi connectivity index (χ2v) is 5.03. The van der Waals surface area contributed by atoms with Crippen molar-refractivity contribution < 1.29 is 4.39 Å². The lowest BCUT2D eigenvalue weighted by molar-refractivity contribution is 0.333. The second kappa shape index (κ2) is 7.52. The van der Waals surface area contributed by atoms with E-state index in [0.29, 0.717) is 5.92 Å². The van der Waals surface area contributed by atoms with Crippen molar-refractivity contribution in [2.45, 2.75) is 53.0 Å². The fourth-order valence-corrected chi connectivity index (χ4v) is 2.47. The monoisotopic (exact) mass is 251 g/mol. The third kappa shape index (κ3) is 3.81. The molecule has 0 aliphatic carbocycles. The van der Waals surface area contributed by atoms with Gasteiger partial charge >= 0.3 is 0 Å². The molecular weight excluding hydrogens is 225 g/mol. The van der Waals surface area contributed by atoms with E-state index < -0.39 is 0 Å². The Kier molecular flexibility index (Phi) is 6.34. The Labute approximate surface area is 111 Å². The molecular formula is C16H26FN. The van der Waals surface area contributed by atoms with E-state index in [-0.39, 0.29) is 11.9 Å². The summed E-state index contributed by atoms with van der Waals surface area (Å²) in [5.74, 6) is 0.421. The molecule has 0 bridgehead atoms. The molecule has 0 radical (unpaired) electrons. The minimum Gasteiger partial charge on any atom is -0.310 e. The molecule has 0 aromatic heterocycles. The minimum atomic E-state index is -0.0736. The molecule has 0 spiro atoms. The van der Waals surface area contributed by atoms with E-state index in [1.807, 2.05) is 19.1 Å². The van der Waals surface area contributed by atoms with Gasteiger partial charge in [0.25, 0.3) is 0 Å². The molecule has 0 aliphatic heterocycles. The topological polar surface area (TPSA) is 12.0 Å². The van der Waals surface area contributed by atoms with Crippen LogP contribution in [-0.2, 0) is 0 Å². The van der Waals surface area contributed by atoms with Gasteiger partial charge in [0, 0.05) is 11.6 Å². The summed E-state index contributed by atoms with van der Waals surface area (Å²) in [5, 5.41) is 3.51. The lowest BCUT2D eigenvalue weighted by Gasteiger charge is -2.27. The highest BCUT2D eigenvalue weighted by molar-refractivity contribution is 5.26. The largest absolute Gasteiger partial charge is 0.310 e. The third-order valence-corrected chi connectivity index (χ3v) is 3.63. The third-order valence-electron chi connectivity index (χ3n) is 3.63. The summed E-state index contributed by atoms with van der Waals surface area (Å²) in [5.41, 5.74) is 1.80. The summed E-state index contributed by atoms with van der Waals surface area (Å²) >= 11 is 0. The fourth-order valence-electron chi connectivity index (χ4n) is 2.47. The molecule has 1 atom stereocenters. The number of benzene rings is 1. The Morgan fingerprint density at radius 1 is 1.17 bits per heavy atom.